The first-order chi connectivity index (χ1) is 13.0. The fourth-order valence-corrected chi connectivity index (χ4v) is 3.86. The summed E-state index contributed by atoms with van der Waals surface area (Å²) in [6.07, 6.45) is 0.489. The lowest BCUT2D eigenvalue weighted by Gasteiger charge is -2.21. The normalized spacial score (nSPS) is 12.8. The second-order valence-corrected chi connectivity index (χ2v) is 8.10. The lowest BCUT2D eigenvalue weighted by molar-refractivity contribution is 0.317. The van der Waals surface area contributed by atoms with Crippen molar-refractivity contribution in [3.8, 4) is 0 Å². The zero-order valence-corrected chi connectivity index (χ0v) is 17.8. The molecule has 3 rings (SSSR count). The van der Waals surface area contributed by atoms with E-state index in [0.717, 1.165) is 10.0 Å². The first kappa shape index (κ1) is 19.9. The van der Waals surface area contributed by atoms with Crippen LogP contribution in [0.2, 0.25) is 10.0 Å². The topological polar surface area (TPSA) is 32.6 Å². The van der Waals surface area contributed by atoms with E-state index in [0.29, 0.717) is 27.7 Å². The maximum absolute atomic E-state index is 9.73. The standard InChI is InChI=1S/C22H18BrCl2NO/c1-14-4-2-3-5-18(14)19(15-6-8-16(23)9-7-15)13-22(26-27)20-12-17(24)10-11-21(20)25/h2-12,19,27H,13H2,1H3/b26-22-. The van der Waals surface area contributed by atoms with Crippen LogP contribution in [0.25, 0.3) is 0 Å². The largest absolute Gasteiger partial charge is 0.411 e. The predicted octanol–water partition coefficient (Wildman–Crippen LogP) is 7.46. The van der Waals surface area contributed by atoms with Gasteiger partial charge in [-0.1, -0.05) is 80.7 Å². The lowest BCUT2D eigenvalue weighted by atomic mass is 9.83. The molecule has 0 aliphatic heterocycles. The van der Waals surface area contributed by atoms with E-state index in [2.05, 4.69) is 52.3 Å². The molecule has 0 radical (unpaired) electrons. The molecule has 1 atom stereocenters. The van der Waals surface area contributed by atoms with Crippen LogP contribution in [0.4, 0.5) is 0 Å². The zero-order chi connectivity index (χ0) is 19.4. The highest BCUT2D eigenvalue weighted by Crippen LogP contribution is 2.34. The Hall–Kier alpha value is -1.81. The predicted molar refractivity (Wildman–Crippen MR) is 117 cm³/mol. The molecule has 3 aromatic carbocycles. The number of aryl methyl sites for hydroxylation is 1. The smallest absolute Gasteiger partial charge is 0.0892 e. The number of benzene rings is 3. The van der Waals surface area contributed by atoms with Crippen LogP contribution in [-0.4, -0.2) is 10.9 Å². The van der Waals surface area contributed by atoms with Gasteiger partial charge in [-0.2, -0.15) is 0 Å². The molecule has 1 N–H and O–H groups in total. The van der Waals surface area contributed by atoms with E-state index in [-0.39, 0.29) is 5.92 Å². The number of halogens is 3. The Balaban J connectivity index is 2.06. The van der Waals surface area contributed by atoms with Crippen LogP contribution >= 0.6 is 39.1 Å². The molecule has 0 aliphatic carbocycles. The van der Waals surface area contributed by atoms with Crippen molar-refractivity contribution in [2.75, 3.05) is 0 Å². The number of nitrogens with zero attached hydrogens (tertiary/aromatic N) is 1. The molecule has 5 heteroatoms. The fraction of sp³-hybridized carbons (Fsp3) is 0.136. The van der Waals surface area contributed by atoms with Gasteiger partial charge in [0, 0.05) is 32.4 Å². The average Bonchev–Trinajstić information content (AvgIpc) is 2.67. The second kappa shape index (κ2) is 8.92. The van der Waals surface area contributed by atoms with E-state index in [1.54, 1.807) is 18.2 Å². The third-order valence-corrected chi connectivity index (χ3v) is 5.69. The van der Waals surface area contributed by atoms with E-state index >= 15 is 0 Å². The maximum atomic E-state index is 9.73. The average molecular weight is 463 g/mol. The Kier molecular flexibility index (Phi) is 6.59. The number of hydrogen-bond donors (Lipinski definition) is 1. The van der Waals surface area contributed by atoms with Crippen molar-refractivity contribution in [3.63, 3.8) is 0 Å². The second-order valence-electron chi connectivity index (χ2n) is 6.34. The molecule has 0 aliphatic rings. The molecule has 2 nitrogen and oxygen atoms in total. The first-order valence-electron chi connectivity index (χ1n) is 8.47. The summed E-state index contributed by atoms with van der Waals surface area (Å²) in [5, 5.41) is 14.3. The van der Waals surface area contributed by atoms with Crippen molar-refractivity contribution < 1.29 is 5.21 Å². The molecule has 1 unspecified atom stereocenters. The van der Waals surface area contributed by atoms with Crippen molar-refractivity contribution in [1.82, 2.24) is 0 Å². The van der Waals surface area contributed by atoms with E-state index in [9.17, 15) is 5.21 Å². The summed E-state index contributed by atoms with van der Waals surface area (Å²) in [6, 6.07) is 21.6. The number of rotatable bonds is 5. The molecule has 3 aromatic rings. The summed E-state index contributed by atoms with van der Waals surface area (Å²) in [6.45, 7) is 2.09. The molecular weight excluding hydrogens is 445 g/mol. The van der Waals surface area contributed by atoms with Gasteiger partial charge in [0.25, 0.3) is 0 Å². The Morgan fingerprint density at radius 2 is 1.74 bits per heavy atom. The summed E-state index contributed by atoms with van der Waals surface area (Å²) in [5.74, 6) is 0.0141. The fourth-order valence-electron chi connectivity index (χ4n) is 3.20. The minimum atomic E-state index is 0.0141. The molecule has 138 valence electrons. The quantitative estimate of drug-likeness (QED) is 0.238. The zero-order valence-electron chi connectivity index (χ0n) is 14.7. The van der Waals surface area contributed by atoms with Crippen LogP contribution in [-0.2, 0) is 0 Å². The Morgan fingerprint density at radius 1 is 1.04 bits per heavy atom. The minimum absolute atomic E-state index is 0.0141. The van der Waals surface area contributed by atoms with Crippen LogP contribution < -0.4 is 0 Å². The van der Waals surface area contributed by atoms with Gasteiger partial charge in [0.1, 0.15) is 0 Å². The Labute approximate surface area is 177 Å². The molecule has 0 saturated carbocycles. The van der Waals surface area contributed by atoms with Gasteiger partial charge in [-0.25, -0.2) is 0 Å². The maximum Gasteiger partial charge on any atom is 0.0892 e. The van der Waals surface area contributed by atoms with Gasteiger partial charge < -0.3 is 5.21 Å². The van der Waals surface area contributed by atoms with E-state index in [4.69, 9.17) is 23.2 Å². The Bertz CT molecular complexity index is 970. The van der Waals surface area contributed by atoms with Gasteiger partial charge in [-0.15, -0.1) is 0 Å². The summed E-state index contributed by atoms with van der Waals surface area (Å²) < 4.78 is 1.02. The van der Waals surface area contributed by atoms with Gasteiger partial charge in [0.15, 0.2) is 0 Å². The highest BCUT2D eigenvalue weighted by Gasteiger charge is 2.21. The lowest BCUT2D eigenvalue weighted by Crippen LogP contribution is -2.12. The van der Waals surface area contributed by atoms with E-state index < -0.39 is 0 Å². The Morgan fingerprint density at radius 3 is 2.41 bits per heavy atom. The monoisotopic (exact) mass is 461 g/mol. The highest BCUT2D eigenvalue weighted by atomic mass is 79.9. The molecule has 0 fully saturated rings. The van der Waals surface area contributed by atoms with Crippen LogP contribution in [0.3, 0.4) is 0 Å². The van der Waals surface area contributed by atoms with Crippen LogP contribution in [0.15, 0.2) is 76.4 Å². The summed E-state index contributed by atoms with van der Waals surface area (Å²) in [4.78, 5) is 0. The van der Waals surface area contributed by atoms with Gasteiger partial charge >= 0.3 is 0 Å². The van der Waals surface area contributed by atoms with Gasteiger partial charge in [-0.3, -0.25) is 0 Å². The molecular formula is C22H18BrCl2NO. The molecule has 0 saturated heterocycles. The van der Waals surface area contributed by atoms with Crippen molar-refractivity contribution in [3.05, 3.63) is 104 Å². The number of oxime groups is 1. The van der Waals surface area contributed by atoms with Crippen LogP contribution in [0.1, 0.15) is 34.6 Å². The minimum Gasteiger partial charge on any atom is -0.411 e. The van der Waals surface area contributed by atoms with E-state index in [1.807, 2.05) is 24.3 Å². The highest BCUT2D eigenvalue weighted by molar-refractivity contribution is 9.10. The van der Waals surface area contributed by atoms with Gasteiger partial charge in [0.05, 0.1) is 5.71 Å². The summed E-state index contributed by atoms with van der Waals surface area (Å²) in [5.41, 5.74) is 4.63. The number of hydrogen-bond acceptors (Lipinski definition) is 2. The third kappa shape index (κ3) is 4.73. The molecule has 0 heterocycles. The summed E-state index contributed by atoms with van der Waals surface area (Å²) in [7, 11) is 0. The summed E-state index contributed by atoms with van der Waals surface area (Å²) >= 11 is 16.0. The SMILES string of the molecule is Cc1ccccc1C(C/C(=N/O)c1cc(Cl)ccc1Cl)c1ccc(Br)cc1. The van der Waals surface area contributed by atoms with Crippen molar-refractivity contribution in [1.29, 1.82) is 0 Å². The van der Waals surface area contributed by atoms with Crippen LogP contribution in [0, 0.1) is 6.92 Å². The molecule has 27 heavy (non-hydrogen) atoms. The van der Waals surface area contributed by atoms with Crippen molar-refractivity contribution >= 4 is 44.8 Å². The van der Waals surface area contributed by atoms with Crippen molar-refractivity contribution in [2.24, 2.45) is 5.16 Å². The molecule has 0 aromatic heterocycles. The van der Waals surface area contributed by atoms with E-state index in [1.165, 1.54) is 11.1 Å². The molecule has 0 amide bonds. The first-order valence-corrected chi connectivity index (χ1v) is 10.0. The van der Waals surface area contributed by atoms with Crippen molar-refractivity contribution in [2.45, 2.75) is 19.3 Å². The van der Waals surface area contributed by atoms with Crippen LogP contribution in [0.5, 0.6) is 0 Å². The molecule has 0 spiro atoms. The molecule has 0 bridgehead atoms. The van der Waals surface area contributed by atoms with Gasteiger partial charge in [0.2, 0.25) is 0 Å². The third-order valence-electron chi connectivity index (χ3n) is 4.59. The van der Waals surface area contributed by atoms with Gasteiger partial charge in [-0.05, 0) is 53.9 Å².